The highest BCUT2D eigenvalue weighted by Gasteiger charge is 2.09. The maximum Gasteiger partial charge on any atom is 0.157 e. The van der Waals surface area contributed by atoms with Gasteiger partial charge in [0.1, 0.15) is 0 Å². The van der Waals surface area contributed by atoms with Crippen molar-refractivity contribution >= 4 is 17.4 Å². The van der Waals surface area contributed by atoms with Crippen LogP contribution in [0, 0.1) is 0 Å². The van der Waals surface area contributed by atoms with Gasteiger partial charge in [0, 0.05) is 29.8 Å². The SMILES string of the molecule is O=C1C=C(NCc2ccccc2Cl)CCC1. The predicted octanol–water partition coefficient (Wildman–Crippen LogP) is 3.07. The van der Waals surface area contributed by atoms with Crippen LogP contribution in [0.25, 0.3) is 0 Å². The topological polar surface area (TPSA) is 29.1 Å². The third kappa shape index (κ3) is 2.86. The van der Waals surface area contributed by atoms with Gasteiger partial charge in [-0.2, -0.15) is 0 Å². The molecule has 1 aromatic carbocycles. The Morgan fingerprint density at radius 3 is 2.81 bits per heavy atom. The van der Waals surface area contributed by atoms with Crippen molar-refractivity contribution in [2.75, 3.05) is 0 Å². The summed E-state index contributed by atoms with van der Waals surface area (Å²) in [6.45, 7) is 0.679. The van der Waals surface area contributed by atoms with E-state index in [4.69, 9.17) is 11.6 Å². The van der Waals surface area contributed by atoms with Crippen LogP contribution in [0.15, 0.2) is 36.0 Å². The molecule has 0 radical (unpaired) electrons. The molecule has 0 aromatic heterocycles. The van der Waals surface area contributed by atoms with Crippen LogP contribution >= 0.6 is 11.6 Å². The number of carbonyl (C=O) groups is 1. The van der Waals surface area contributed by atoms with Gasteiger partial charge < -0.3 is 5.32 Å². The molecule has 0 amide bonds. The van der Waals surface area contributed by atoms with Crippen molar-refractivity contribution in [1.29, 1.82) is 0 Å². The summed E-state index contributed by atoms with van der Waals surface area (Å²) in [5.74, 6) is 0.216. The van der Waals surface area contributed by atoms with Gasteiger partial charge in [0.05, 0.1) is 0 Å². The van der Waals surface area contributed by atoms with Crippen molar-refractivity contribution in [3.05, 3.63) is 46.6 Å². The van der Waals surface area contributed by atoms with Crippen molar-refractivity contribution in [2.24, 2.45) is 0 Å². The van der Waals surface area contributed by atoms with Crippen LogP contribution in [0.3, 0.4) is 0 Å². The molecular weight excluding hydrogens is 222 g/mol. The number of ketones is 1. The summed E-state index contributed by atoms with van der Waals surface area (Å²) >= 11 is 6.04. The van der Waals surface area contributed by atoms with Crippen LogP contribution < -0.4 is 5.32 Å². The van der Waals surface area contributed by atoms with Crippen LogP contribution in [0.4, 0.5) is 0 Å². The number of hydrogen-bond donors (Lipinski definition) is 1. The van der Waals surface area contributed by atoms with E-state index < -0.39 is 0 Å². The Balaban J connectivity index is 1.97. The summed E-state index contributed by atoms with van der Waals surface area (Å²) < 4.78 is 0. The van der Waals surface area contributed by atoms with Crippen molar-refractivity contribution in [3.8, 4) is 0 Å². The molecule has 0 heterocycles. The highest BCUT2D eigenvalue weighted by atomic mass is 35.5. The third-order valence-electron chi connectivity index (χ3n) is 2.67. The number of allylic oxidation sites excluding steroid dienone is 2. The molecule has 0 unspecified atom stereocenters. The number of hydrogen-bond acceptors (Lipinski definition) is 2. The summed E-state index contributed by atoms with van der Waals surface area (Å²) in [5, 5.41) is 4.03. The molecule has 0 saturated heterocycles. The largest absolute Gasteiger partial charge is 0.384 e. The fourth-order valence-electron chi connectivity index (χ4n) is 1.78. The smallest absolute Gasteiger partial charge is 0.157 e. The summed E-state index contributed by atoms with van der Waals surface area (Å²) in [5.41, 5.74) is 2.08. The second-order valence-electron chi connectivity index (χ2n) is 3.93. The zero-order valence-corrected chi connectivity index (χ0v) is 9.76. The lowest BCUT2D eigenvalue weighted by atomic mass is 10.0. The van der Waals surface area contributed by atoms with Gasteiger partial charge in [-0.05, 0) is 24.5 Å². The van der Waals surface area contributed by atoms with E-state index in [1.165, 1.54) is 0 Å². The second-order valence-corrected chi connectivity index (χ2v) is 4.34. The highest BCUT2D eigenvalue weighted by Crippen LogP contribution is 2.17. The Morgan fingerprint density at radius 1 is 1.25 bits per heavy atom. The standard InChI is InChI=1S/C13H14ClNO/c14-13-7-2-1-4-10(13)9-15-11-5-3-6-12(16)8-11/h1-2,4,7-8,15H,3,5-6,9H2. The van der Waals surface area contributed by atoms with Crippen molar-refractivity contribution < 1.29 is 4.79 Å². The Morgan fingerprint density at radius 2 is 2.06 bits per heavy atom. The normalized spacial score (nSPS) is 15.8. The molecule has 1 aliphatic carbocycles. The van der Waals surface area contributed by atoms with Crippen LogP contribution in [0.2, 0.25) is 5.02 Å². The van der Waals surface area contributed by atoms with Crippen LogP contribution in [0.1, 0.15) is 24.8 Å². The Labute approximate surface area is 100 Å². The van der Waals surface area contributed by atoms with Crippen LogP contribution in [0.5, 0.6) is 0 Å². The maximum atomic E-state index is 11.2. The first kappa shape index (κ1) is 11.2. The molecule has 16 heavy (non-hydrogen) atoms. The molecule has 0 bridgehead atoms. The van der Waals surface area contributed by atoms with Gasteiger partial charge in [-0.15, -0.1) is 0 Å². The van der Waals surface area contributed by atoms with E-state index in [-0.39, 0.29) is 5.78 Å². The van der Waals surface area contributed by atoms with E-state index in [2.05, 4.69) is 5.32 Å². The van der Waals surface area contributed by atoms with Gasteiger partial charge in [-0.1, -0.05) is 29.8 Å². The minimum Gasteiger partial charge on any atom is -0.384 e. The number of nitrogens with one attached hydrogen (secondary N) is 1. The van der Waals surface area contributed by atoms with E-state index in [0.717, 1.165) is 29.1 Å². The average Bonchev–Trinajstić information content (AvgIpc) is 2.28. The monoisotopic (exact) mass is 235 g/mol. The van der Waals surface area contributed by atoms with Crippen LogP contribution in [-0.2, 0) is 11.3 Å². The lowest BCUT2D eigenvalue weighted by molar-refractivity contribution is -0.115. The van der Waals surface area contributed by atoms with Crippen molar-refractivity contribution in [1.82, 2.24) is 5.32 Å². The molecule has 84 valence electrons. The average molecular weight is 236 g/mol. The molecule has 2 nitrogen and oxygen atoms in total. The zero-order valence-electron chi connectivity index (χ0n) is 9.00. The number of benzene rings is 1. The first-order valence-corrected chi connectivity index (χ1v) is 5.84. The molecule has 1 aliphatic rings. The molecule has 0 aliphatic heterocycles. The Hall–Kier alpha value is -1.28. The second kappa shape index (κ2) is 5.17. The molecule has 1 N–H and O–H groups in total. The van der Waals surface area contributed by atoms with Crippen molar-refractivity contribution in [3.63, 3.8) is 0 Å². The Bertz CT molecular complexity index is 426. The van der Waals surface area contributed by atoms with E-state index in [9.17, 15) is 4.79 Å². The molecule has 0 atom stereocenters. The van der Waals surface area contributed by atoms with Crippen LogP contribution in [-0.4, -0.2) is 5.78 Å². The van der Waals surface area contributed by atoms with E-state index in [1.807, 2.05) is 24.3 Å². The van der Waals surface area contributed by atoms with Crippen molar-refractivity contribution in [2.45, 2.75) is 25.8 Å². The number of carbonyl (C=O) groups excluding carboxylic acids is 1. The number of rotatable bonds is 3. The van der Waals surface area contributed by atoms with Gasteiger partial charge >= 0.3 is 0 Å². The fourth-order valence-corrected chi connectivity index (χ4v) is 1.98. The molecule has 0 spiro atoms. The molecule has 0 saturated carbocycles. The maximum absolute atomic E-state index is 11.2. The van der Waals surface area contributed by atoms with Gasteiger partial charge in [-0.3, -0.25) is 4.79 Å². The predicted molar refractivity (Wildman–Crippen MR) is 65.2 cm³/mol. The summed E-state index contributed by atoms with van der Waals surface area (Å²) in [7, 11) is 0. The first-order chi connectivity index (χ1) is 7.75. The Kier molecular flexibility index (Phi) is 3.62. The summed E-state index contributed by atoms with van der Waals surface area (Å²) in [6, 6.07) is 7.73. The van der Waals surface area contributed by atoms with Gasteiger partial charge in [-0.25, -0.2) is 0 Å². The first-order valence-electron chi connectivity index (χ1n) is 5.46. The third-order valence-corrected chi connectivity index (χ3v) is 3.04. The lowest BCUT2D eigenvalue weighted by Gasteiger charge is -2.14. The molecule has 3 heteroatoms. The minimum absolute atomic E-state index is 0.216. The van der Waals surface area contributed by atoms with Gasteiger partial charge in [0.15, 0.2) is 5.78 Å². The minimum atomic E-state index is 0.216. The molecule has 2 rings (SSSR count). The summed E-state index contributed by atoms with van der Waals surface area (Å²) in [4.78, 5) is 11.2. The summed E-state index contributed by atoms with van der Waals surface area (Å²) in [6.07, 6.45) is 4.29. The molecule has 0 fully saturated rings. The van der Waals surface area contributed by atoms with Gasteiger partial charge in [0.25, 0.3) is 0 Å². The molecular formula is C13H14ClNO. The molecule has 1 aromatic rings. The number of halogens is 1. The van der Waals surface area contributed by atoms with E-state index in [1.54, 1.807) is 6.08 Å². The van der Waals surface area contributed by atoms with Gasteiger partial charge in [0.2, 0.25) is 0 Å². The fraction of sp³-hybridized carbons (Fsp3) is 0.308. The lowest BCUT2D eigenvalue weighted by Crippen LogP contribution is -2.17. The van der Waals surface area contributed by atoms with E-state index >= 15 is 0 Å². The quantitative estimate of drug-likeness (QED) is 0.873. The van der Waals surface area contributed by atoms with E-state index in [0.29, 0.717) is 13.0 Å². The highest BCUT2D eigenvalue weighted by molar-refractivity contribution is 6.31. The zero-order chi connectivity index (χ0) is 11.4.